The Balaban J connectivity index is 2.37. The average molecular weight is 299 g/mol. The van der Waals surface area contributed by atoms with Crippen LogP contribution in [-0.2, 0) is 4.79 Å². The minimum absolute atomic E-state index is 0.168. The third-order valence-corrected chi connectivity index (χ3v) is 4.81. The highest BCUT2D eigenvalue weighted by molar-refractivity contribution is 5.78. The maximum absolute atomic E-state index is 11.9. The summed E-state index contributed by atoms with van der Waals surface area (Å²) < 4.78 is 0. The number of carboxylic acids is 1. The van der Waals surface area contributed by atoms with Crippen molar-refractivity contribution in [1.82, 2.24) is 15.5 Å². The molecule has 3 N–H and O–H groups in total. The zero-order chi connectivity index (χ0) is 15.9. The highest BCUT2D eigenvalue weighted by Gasteiger charge is 2.35. The van der Waals surface area contributed by atoms with E-state index in [9.17, 15) is 14.7 Å². The van der Waals surface area contributed by atoms with Crippen molar-refractivity contribution in [3.05, 3.63) is 0 Å². The number of urea groups is 1. The molecule has 6 nitrogen and oxygen atoms in total. The maximum atomic E-state index is 11.9. The van der Waals surface area contributed by atoms with E-state index in [1.807, 2.05) is 13.8 Å². The molecule has 1 heterocycles. The molecular formula is C15H29N3O3. The van der Waals surface area contributed by atoms with Gasteiger partial charge in [-0.2, -0.15) is 0 Å². The molecule has 6 heteroatoms. The quantitative estimate of drug-likeness (QED) is 0.668. The first-order chi connectivity index (χ1) is 9.95. The van der Waals surface area contributed by atoms with E-state index < -0.39 is 11.4 Å². The number of likely N-dealkylation sites (N-methyl/N-ethyl adjacent to an activating group) is 1. The topological polar surface area (TPSA) is 81.7 Å². The Kier molecular flexibility index (Phi) is 6.95. The molecule has 1 atom stereocenters. The van der Waals surface area contributed by atoms with Gasteiger partial charge in [-0.1, -0.05) is 20.3 Å². The van der Waals surface area contributed by atoms with Gasteiger partial charge >= 0.3 is 12.0 Å². The second kappa shape index (κ2) is 8.22. The van der Waals surface area contributed by atoms with Crippen LogP contribution in [0.3, 0.4) is 0 Å². The molecule has 0 bridgehead atoms. The number of amides is 2. The number of hydrogen-bond acceptors (Lipinski definition) is 3. The van der Waals surface area contributed by atoms with Crippen LogP contribution in [0.25, 0.3) is 0 Å². The predicted molar refractivity (Wildman–Crippen MR) is 82.3 cm³/mol. The summed E-state index contributed by atoms with van der Waals surface area (Å²) in [6, 6.07) is 0.104. The molecule has 1 saturated heterocycles. The molecule has 21 heavy (non-hydrogen) atoms. The molecule has 1 unspecified atom stereocenters. The minimum Gasteiger partial charge on any atom is -0.481 e. The second-order valence-electron chi connectivity index (χ2n) is 5.99. The number of carbonyl (C=O) groups excluding carboxylic acids is 1. The number of aliphatic carboxylic acids is 1. The van der Waals surface area contributed by atoms with E-state index in [1.54, 1.807) is 0 Å². The highest BCUT2D eigenvalue weighted by Crippen LogP contribution is 2.25. The number of hydrogen-bond donors (Lipinski definition) is 3. The van der Waals surface area contributed by atoms with Gasteiger partial charge < -0.3 is 20.6 Å². The van der Waals surface area contributed by atoms with E-state index in [2.05, 4.69) is 22.6 Å². The van der Waals surface area contributed by atoms with Crippen LogP contribution in [0, 0.1) is 5.41 Å². The fourth-order valence-corrected chi connectivity index (χ4v) is 2.80. The van der Waals surface area contributed by atoms with Crippen LogP contribution < -0.4 is 10.6 Å². The number of likely N-dealkylation sites (tertiary alicyclic amines) is 1. The lowest BCUT2D eigenvalue weighted by molar-refractivity contribution is -0.149. The van der Waals surface area contributed by atoms with Gasteiger partial charge in [0, 0.05) is 19.1 Å². The van der Waals surface area contributed by atoms with Crippen LogP contribution in [0.4, 0.5) is 4.79 Å². The van der Waals surface area contributed by atoms with E-state index >= 15 is 0 Å². The number of carbonyl (C=O) groups is 2. The second-order valence-corrected chi connectivity index (χ2v) is 5.99. The van der Waals surface area contributed by atoms with Crippen LogP contribution in [0.1, 0.15) is 46.0 Å². The van der Waals surface area contributed by atoms with Crippen LogP contribution >= 0.6 is 0 Å². The Morgan fingerprint density at radius 2 is 1.90 bits per heavy atom. The van der Waals surface area contributed by atoms with E-state index in [-0.39, 0.29) is 12.6 Å². The molecule has 0 aromatic rings. The van der Waals surface area contributed by atoms with Gasteiger partial charge in [-0.15, -0.1) is 0 Å². The summed E-state index contributed by atoms with van der Waals surface area (Å²) in [6.45, 7) is 5.53. The molecule has 1 rings (SSSR count). The van der Waals surface area contributed by atoms with E-state index in [0.717, 1.165) is 13.0 Å². The van der Waals surface area contributed by atoms with Crippen LogP contribution in [0.5, 0.6) is 0 Å². The highest BCUT2D eigenvalue weighted by atomic mass is 16.4. The van der Waals surface area contributed by atoms with Gasteiger partial charge in [0.05, 0.1) is 5.41 Å². The summed E-state index contributed by atoms with van der Waals surface area (Å²) in [4.78, 5) is 25.5. The molecule has 1 aliphatic heterocycles. The zero-order valence-corrected chi connectivity index (χ0v) is 13.4. The number of carboxylic acid groups (broad SMARTS) is 1. The summed E-state index contributed by atoms with van der Waals surface area (Å²) >= 11 is 0. The lowest BCUT2D eigenvalue weighted by Gasteiger charge is -2.32. The summed E-state index contributed by atoms with van der Waals surface area (Å²) in [5, 5.41) is 14.9. The first-order valence-corrected chi connectivity index (χ1v) is 7.90. The third kappa shape index (κ3) is 4.88. The number of nitrogens with zero attached hydrogens (tertiary/aromatic N) is 1. The van der Waals surface area contributed by atoms with Crippen molar-refractivity contribution in [3.63, 3.8) is 0 Å². The largest absolute Gasteiger partial charge is 0.481 e. The molecule has 0 aliphatic carbocycles. The zero-order valence-electron chi connectivity index (χ0n) is 13.4. The van der Waals surface area contributed by atoms with E-state index in [1.165, 1.54) is 12.8 Å². The minimum atomic E-state index is -0.862. The van der Waals surface area contributed by atoms with Gasteiger partial charge in [-0.05, 0) is 39.3 Å². The first-order valence-electron chi connectivity index (χ1n) is 7.90. The lowest BCUT2D eigenvalue weighted by atomic mass is 9.82. The van der Waals surface area contributed by atoms with Crippen molar-refractivity contribution in [2.45, 2.75) is 52.0 Å². The molecule has 0 aromatic heterocycles. The Morgan fingerprint density at radius 3 is 2.43 bits per heavy atom. The molecule has 0 radical (unpaired) electrons. The number of nitrogens with one attached hydrogen (secondary N) is 2. The number of piperidine rings is 1. The Labute approximate surface area is 127 Å². The Hall–Kier alpha value is -1.30. The maximum Gasteiger partial charge on any atom is 0.314 e. The monoisotopic (exact) mass is 299 g/mol. The number of rotatable bonds is 7. The molecule has 0 spiro atoms. The molecule has 1 fully saturated rings. The van der Waals surface area contributed by atoms with Crippen molar-refractivity contribution in [2.75, 3.05) is 26.7 Å². The van der Waals surface area contributed by atoms with Gasteiger partial charge in [0.1, 0.15) is 0 Å². The summed E-state index contributed by atoms with van der Waals surface area (Å²) in [6.07, 6.45) is 4.52. The predicted octanol–water partition coefficient (Wildman–Crippen LogP) is 1.66. The SMILES string of the molecule is CCC(CC)(CNC(=O)NCC1CCCCN1C)C(=O)O. The normalized spacial score (nSPS) is 20.0. The van der Waals surface area contributed by atoms with E-state index in [4.69, 9.17) is 0 Å². The summed E-state index contributed by atoms with van der Waals surface area (Å²) in [5.41, 5.74) is -0.862. The first kappa shape index (κ1) is 17.8. The van der Waals surface area contributed by atoms with Crippen molar-refractivity contribution in [3.8, 4) is 0 Å². The molecule has 122 valence electrons. The standard InChI is InChI=1S/C15H29N3O3/c1-4-15(5-2,13(19)20)11-17-14(21)16-10-12-8-6-7-9-18(12)3/h12H,4-11H2,1-3H3,(H,19,20)(H2,16,17,21). The molecule has 1 aliphatic rings. The summed E-state index contributed by atoms with van der Waals surface area (Å²) in [7, 11) is 2.08. The fourth-order valence-electron chi connectivity index (χ4n) is 2.80. The van der Waals surface area contributed by atoms with Crippen molar-refractivity contribution >= 4 is 12.0 Å². The molecule has 0 saturated carbocycles. The van der Waals surface area contributed by atoms with Crippen molar-refractivity contribution in [1.29, 1.82) is 0 Å². The third-order valence-electron chi connectivity index (χ3n) is 4.81. The molecule has 0 aromatic carbocycles. The van der Waals surface area contributed by atoms with Gasteiger partial charge in [0.25, 0.3) is 0 Å². The van der Waals surface area contributed by atoms with Gasteiger partial charge in [0.15, 0.2) is 0 Å². The lowest BCUT2D eigenvalue weighted by Crippen LogP contribution is -2.49. The Bertz CT molecular complexity index is 356. The van der Waals surface area contributed by atoms with Gasteiger partial charge in [0.2, 0.25) is 0 Å². The van der Waals surface area contributed by atoms with E-state index in [0.29, 0.717) is 25.4 Å². The molecular weight excluding hydrogens is 270 g/mol. The fraction of sp³-hybridized carbons (Fsp3) is 0.867. The Morgan fingerprint density at radius 1 is 1.24 bits per heavy atom. The molecule has 2 amide bonds. The summed E-state index contributed by atoms with van der Waals surface area (Å²) in [5.74, 6) is -0.847. The van der Waals surface area contributed by atoms with Gasteiger partial charge in [-0.3, -0.25) is 4.79 Å². The average Bonchev–Trinajstić information content (AvgIpc) is 2.47. The smallest absolute Gasteiger partial charge is 0.314 e. The van der Waals surface area contributed by atoms with Crippen LogP contribution in [0.2, 0.25) is 0 Å². The van der Waals surface area contributed by atoms with Crippen molar-refractivity contribution in [2.24, 2.45) is 5.41 Å². The van der Waals surface area contributed by atoms with Crippen molar-refractivity contribution < 1.29 is 14.7 Å². The van der Waals surface area contributed by atoms with Crippen LogP contribution in [0.15, 0.2) is 0 Å². The van der Waals surface area contributed by atoms with Crippen LogP contribution in [-0.4, -0.2) is 54.7 Å². The van der Waals surface area contributed by atoms with Gasteiger partial charge in [-0.25, -0.2) is 4.79 Å².